The minimum atomic E-state index is 0.292. The lowest BCUT2D eigenvalue weighted by molar-refractivity contribution is 1.63. The smallest absolute Gasteiger partial charge is 0.150 e. The third-order valence-corrected chi connectivity index (χ3v) is 3.32. The Morgan fingerprint density at radius 2 is 1.25 bits per heavy atom. The van der Waals surface area contributed by atoms with Crippen LogP contribution in [0.25, 0.3) is 0 Å². The van der Waals surface area contributed by atoms with E-state index in [0.29, 0.717) is 17.0 Å². The summed E-state index contributed by atoms with van der Waals surface area (Å²) in [6.07, 6.45) is 0. The van der Waals surface area contributed by atoms with Crippen LogP contribution in [-0.2, 0) is 0 Å². The van der Waals surface area contributed by atoms with Crippen molar-refractivity contribution in [1.82, 2.24) is 0 Å². The van der Waals surface area contributed by atoms with E-state index in [1.807, 2.05) is 0 Å². The Labute approximate surface area is 53.2 Å². The maximum atomic E-state index is 6.54. The summed E-state index contributed by atoms with van der Waals surface area (Å²) in [6, 6.07) is 0. The molecule has 0 aromatic heterocycles. The van der Waals surface area contributed by atoms with Crippen LogP contribution in [0.4, 0.5) is 0 Å². The highest BCUT2D eigenvalue weighted by Crippen LogP contribution is 2.27. The number of hydrogen-bond donors (Lipinski definition) is 2. The van der Waals surface area contributed by atoms with E-state index in [2.05, 4.69) is 9.03 Å². The SMILES string of the molecule is N=PN=PP=NP=N. The molecule has 8 heteroatoms. The first-order valence-electron chi connectivity index (χ1n) is 1.45. The molecular formula is H2N4P4. The summed E-state index contributed by atoms with van der Waals surface area (Å²) in [5.41, 5.74) is 0. The van der Waals surface area contributed by atoms with Crippen molar-refractivity contribution in [2.24, 2.45) is 9.03 Å². The van der Waals surface area contributed by atoms with E-state index in [4.69, 9.17) is 10.3 Å². The second kappa shape index (κ2) is 7.40. The molecule has 0 aliphatic heterocycles. The molecule has 0 fully saturated rings. The standard InChI is InChI=1S/H2N4P4/c1-5-3-7-8-4-6-2/h1-2H. The van der Waals surface area contributed by atoms with Gasteiger partial charge in [0.1, 0.15) is 0 Å². The Kier molecular flexibility index (Phi) is 7.77. The van der Waals surface area contributed by atoms with Gasteiger partial charge in [0.15, 0.2) is 17.0 Å². The van der Waals surface area contributed by atoms with E-state index in [1.54, 1.807) is 0 Å². The van der Waals surface area contributed by atoms with Crippen molar-refractivity contribution in [2.45, 2.75) is 0 Å². The lowest BCUT2D eigenvalue weighted by atomic mass is 13.9. The highest BCUT2D eigenvalue weighted by Gasteiger charge is 1.62. The van der Waals surface area contributed by atoms with Crippen molar-refractivity contribution in [3.05, 3.63) is 0 Å². The maximum absolute atomic E-state index is 6.54. The molecule has 0 aromatic rings. The first kappa shape index (κ1) is 8.40. The normalized spacial score (nSPS) is 12.5. The van der Waals surface area contributed by atoms with E-state index >= 15 is 0 Å². The first-order chi connectivity index (χ1) is 3.91. The zero-order chi connectivity index (χ0) is 6.24. The van der Waals surface area contributed by atoms with Crippen LogP contribution in [0.5, 0.6) is 0 Å². The predicted octanol–water partition coefficient (Wildman–Crippen LogP) is 4.41. The molecular weight excluding hydrogens is 180 g/mol. The minimum absolute atomic E-state index is 0.292. The van der Waals surface area contributed by atoms with Crippen molar-refractivity contribution in [3.8, 4) is 0 Å². The lowest BCUT2D eigenvalue weighted by Gasteiger charge is -1.61. The summed E-state index contributed by atoms with van der Waals surface area (Å²) in [5, 5.41) is 13.1. The molecule has 0 bridgehead atoms. The van der Waals surface area contributed by atoms with E-state index in [9.17, 15) is 0 Å². The largest absolute Gasteiger partial charge is 0.262 e. The van der Waals surface area contributed by atoms with Crippen molar-refractivity contribution in [2.75, 3.05) is 0 Å². The van der Waals surface area contributed by atoms with Gasteiger partial charge >= 0.3 is 0 Å². The summed E-state index contributed by atoms with van der Waals surface area (Å²) in [7, 11) is 2.11. The molecule has 8 heavy (non-hydrogen) atoms. The Morgan fingerprint density at radius 3 is 1.50 bits per heavy atom. The number of hydrogen-bond acceptors (Lipinski definition) is 2. The summed E-state index contributed by atoms with van der Waals surface area (Å²) in [6.45, 7) is 0. The summed E-state index contributed by atoms with van der Waals surface area (Å²) in [5.74, 6) is 0. The molecule has 0 heterocycles. The van der Waals surface area contributed by atoms with E-state index < -0.39 is 0 Å². The molecule has 4 nitrogen and oxygen atoms in total. The van der Waals surface area contributed by atoms with Gasteiger partial charge in [-0.05, 0) is 0 Å². The molecule has 0 spiro atoms. The fraction of sp³-hybridized carbons (Fsp3) is 0. The van der Waals surface area contributed by atoms with Gasteiger partial charge in [0.2, 0.25) is 0 Å². The van der Waals surface area contributed by atoms with Gasteiger partial charge in [0.05, 0.1) is 16.1 Å². The van der Waals surface area contributed by atoms with Crippen LogP contribution in [0, 0.1) is 10.3 Å². The van der Waals surface area contributed by atoms with Crippen LogP contribution in [0.15, 0.2) is 9.03 Å². The van der Waals surface area contributed by atoms with Crippen molar-refractivity contribution < 1.29 is 0 Å². The number of nitrogens with one attached hydrogen (secondary N) is 2. The highest BCUT2D eigenvalue weighted by atomic mass is 32.0. The maximum Gasteiger partial charge on any atom is 0.150 e. The molecule has 0 saturated heterocycles. The van der Waals surface area contributed by atoms with Crippen LogP contribution >= 0.6 is 33.2 Å². The minimum Gasteiger partial charge on any atom is -0.262 e. The zero-order valence-corrected chi connectivity index (χ0v) is 7.26. The average molecular weight is 182 g/mol. The molecule has 0 amide bonds. The molecule has 0 aromatic carbocycles. The van der Waals surface area contributed by atoms with Gasteiger partial charge in [-0.3, -0.25) is 10.3 Å². The molecule has 0 unspecified atom stereocenters. The average Bonchev–Trinajstić information content (AvgIpc) is 1.81. The molecule has 0 saturated carbocycles. The van der Waals surface area contributed by atoms with Crippen LogP contribution in [-0.4, -0.2) is 0 Å². The van der Waals surface area contributed by atoms with Crippen molar-refractivity contribution in [1.29, 1.82) is 10.3 Å². The monoisotopic (exact) mass is 182 g/mol. The summed E-state index contributed by atoms with van der Waals surface area (Å²) < 4.78 is 7.25. The summed E-state index contributed by atoms with van der Waals surface area (Å²) >= 11 is 0. The van der Waals surface area contributed by atoms with Crippen molar-refractivity contribution in [3.63, 3.8) is 0 Å². The van der Waals surface area contributed by atoms with Crippen LogP contribution in [0.2, 0.25) is 0 Å². The van der Waals surface area contributed by atoms with Gasteiger partial charge in [-0.15, -0.1) is 0 Å². The third kappa shape index (κ3) is 6.40. The van der Waals surface area contributed by atoms with Gasteiger partial charge < -0.3 is 0 Å². The predicted molar refractivity (Wildman–Crippen MR) is 38.0 cm³/mol. The number of nitrogens with zero attached hydrogens (tertiary/aromatic N) is 2. The molecule has 0 aliphatic rings. The van der Waals surface area contributed by atoms with Gasteiger partial charge in [0, 0.05) is 0 Å². The molecule has 42 valence electrons. The summed E-state index contributed by atoms with van der Waals surface area (Å²) in [4.78, 5) is 0. The fourth-order valence-corrected chi connectivity index (χ4v) is 2.05. The Bertz CT molecular complexity index is 108. The Morgan fingerprint density at radius 1 is 0.875 bits per heavy atom. The molecule has 0 aliphatic carbocycles. The second-order valence-corrected chi connectivity index (χ2v) is 3.82. The van der Waals surface area contributed by atoms with E-state index in [0.717, 1.165) is 16.1 Å². The van der Waals surface area contributed by atoms with Crippen LogP contribution in [0.3, 0.4) is 0 Å². The van der Waals surface area contributed by atoms with E-state index in [-0.39, 0.29) is 0 Å². The number of rotatable bonds is 3. The Hall–Kier alpha value is 0.400. The lowest BCUT2D eigenvalue weighted by Crippen LogP contribution is -1.05. The zero-order valence-electron chi connectivity index (χ0n) is 3.68. The van der Waals surface area contributed by atoms with Gasteiger partial charge in [-0.1, -0.05) is 0 Å². The quantitative estimate of drug-likeness (QED) is 0.606. The molecule has 0 radical (unpaired) electrons. The third-order valence-electron chi connectivity index (χ3n) is 0.209. The van der Waals surface area contributed by atoms with Crippen molar-refractivity contribution >= 4 is 33.2 Å². The topological polar surface area (TPSA) is 72.4 Å². The van der Waals surface area contributed by atoms with Gasteiger partial charge in [-0.25, -0.2) is 0 Å². The highest BCUT2D eigenvalue weighted by molar-refractivity contribution is 8.03. The molecule has 0 rings (SSSR count). The second-order valence-electron chi connectivity index (χ2n) is 0.558. The first-order valence-corrected chi connectivity index (χ1v) is 5.54. The molecule has 2 N–H and O–H groups in total. The van der Waals surface area contributed by atoms with Gasteiger partial charge in [0.25, 0.3) is 0 Å². The van der Waals surface area contributed by atoms with Crippen LogP contribution < -0.4 is 0 Å². The molecule has 0 atom stereocenters. The van der Waals surface area contributed by atoms with Crippen LogP contribution in [0.1, 0.15) is 0 Å². The van der Waals surface area contributed by atoms with Gasteiger partial charge in [-0.2, -0.15) is 9.03 Å². The van der Waals surface area contributed by atoms with E-state index in [1.165, 1.54) is 0 Å². The fourth-order valence-electron chi connectivity index (χ4n) is 0.0758. The Balaban J connectivity index is 3.41.